The monoisotopic (exact) mass is 394 g/mol. The Balaban J connectivity index is 1.94. The summed E-state index contributed by atoms with van der Waals surface area (Å²) in [6, 6.07) is 3.94. The molecule has 1 fully saturated rings. The van der Waals surface area contributed by atoms with E-state index in [-0.39, 0.29) is 0 Å². The van der Waals surface area contributed by atoms with Crippen LogP contribution in [0.15, 0.2) is 20.1 Å². The Kier molecular flexibility index (Phi) is 6.25. The van der Waals surface area contributed by atoms with Gasteiger partial charge in [0.1, 0.15) is 4.21 Å². The molecule has 1 aromatic rings. The van der Waals surface area contributed by atoms with Crippen LogP contribution in [0.1, 0.15) is 33.1 Å². The Hall–Kier alpha value is 0.0500. The SMILES string of the molecule is CCCNC(C)C1CCN(S(=O)(=O)c2ccc(Br)s2)CC1. The van der Waals surface area contributed by atoms with Gasteiger partial charge in [-0.25, -0.2) is 8.42 Å². The van der Waals surface area contributed by atoms with Crippen LogP contribution in [-0.2, 0) is 10.0 Å². The smallest absolute Gasteiger partial charge is 0.252 e. The summed E-state index contributed by atoms with van der Waals surface area (Å²) in [6.45, 7) is 6.65. The minimum atomic E-state index is -3.31. The van der Waals surface area contributed by atoms with E-state index in [4.69, 9.17) is 0 Å². The van der Waals surface area contributed by atoms with Crippen LogP contribution < -0.4 is 5.32 Å². The number of piperidine rings is 1. The topological polar surface area (TPSA) is 49.4 Å². The molecule has 2 rings (SSSR count). The average molecular weight is 395 g/mol. The van der Waals surface area contributed by atoms with Gasteiger partial charge in [-0.3, -0.25) is 0 Å². The predicted molar refractivity (Wildman–Crippen MR) is 91.3 cm³/mol. The molecule has 0 aromatic carbocycles. The van der Waals surface area contributed by atoms with Crippen molar-refractivity contribution in [2.45, 2.75) is 43.4 Å². The molecule has 0 amide bonds. The predicted octanol–water partition coefficient (Wildman–Crippen LogP) is 3.30. The van der Waals surface area contributed by atoms with E-state index in [1.807, 2.05) is 0 Å². The normalized spacial score (nSPS) is 19.8. The van der Waals surface area contributed by atoms with Crippen molar-refractivity contribution in [3.05, 3.63) is 15.9 Å². The van der Waals surface area contributed by atoms with Crippen LogP contribution >= 0.6 is 27.3 Å². The van der Waals surface area contributed by atoms with Gasteiger partial charge >= 0.3 is 0 Å². The van der Waals surface area contributed by atoms with Gasteiger partial charge in [0.05, 0.1) is 3.79 Å². The second-order valence-corrected chi connectivity index (χ2v) is 10.2. The molecular formula is C14H23BrN2O2S2. The highest BCUT2D eigenvalue weighted by molar-refractivity contribution is 9.11. The summed E-state index contributed by atoms with van der Waals surface area (Å²) in [5.41, 5.74) is 0. The molecule has 120 valence electrons. The molecule has 1 saturated heterocycles. The van der Waals surface area contributed by atoms with Crippen molar-refractivity contribution < 1.29 is 8.42 Å². The number of nitrogens with zero attached hydrogens (tertiary/aromatic N) is 1. The van der Waals surface area contributed by atoms with Gasteiger partial charge in [-0.05, 0) is 66.7 Å². The van der Waals surface area contributed by atoms with Gasteiger partial charge in [0, 0.05) is 19.1 Å². The zero-order chi connectivity index (χ0) is 15.5. The second kappa shape index (κ2) is 7.55. The summed E-state index contributed by atoms with van der Waals surface area (Å²) in [5, 5.41) is 3.52. The molecular weight excluding hydrogens is 372 g/mol. The summed E-state index contributed by atoms with van der Waals surface area (Å²) in [6.07, 6.45) is 3.00. The van der Waals surface area contributed by atoms with Crippen molar-refractivity contribution in [1.82, 2.24) is 9.62 Å². The van der Waals surface area contributed by atoms with E-state index in [0.717, 1.165) is 29.6 Å². The lowest BCUT2D eigenvalue weighted by Crippen LogP contribution is -2.44. The molecule has 1 aliphatic rings. The van der Waals surface area contributed by atoms with E-state index in [1.165, 1.54) is 11.3 Å². The van der Waals surface area contributed by atoms with Crippen LogP contribution in [0.2, 0.25) is 0 Å². The van der Waals surface area contributed by atoms with E-state index in [9.17, 15) is 8.42 Å². The maximum absolute atomic E-state index is 12.5. The molecule has 7 heteroatoms. The van der Waals surface area contributed by atoms with E-state index in [0.29, 0.717) is 29.3 Å². The fraction of sp³-hybridized carbons (Fsp3) is 0.714. The van der Waals surface area contributed by atoms with Gasteiger partial charge < -0.3 is 5.32 Å². The molecule has 0 radical (unpaired) electrons. The quantitative estimate of drug-likeness (QED) is 0.804. The second-order valence-electron chi connectivity index (χ2n) is 5.54. The molecule has 0 spiro atoms. The highest BCUT2D eigenvalue weighted by Gasteiger charge is 2.31. The number of halogens is 1. The Bertz CT molecular complexity index is 551. The van der Waals surface area contributed by atoms with E-state index in [1.54, 1.807) is 16.4 Å². The summed E-state index contributed by atoms with van der Waals surface area (Å²) >= 11 is 4.61. The van der Waals surface area contributed by atoms with Crippen LogP contribution in [0, 0.1) is 5.92 Å². The number of sulfonamides is 1. The zero-order valence-electron chi connectivity index (χ0n) is 12.5. The van der Waals surface area contributed by atoms with Crippen molar-refractivity contribution in [2.24, 2.45) is 5.92 Å². The van der Waals surface area contributed by atoms with E-state index < -0.39 is 10.0 Å². The number of thiophene rings is 1. The van der Waals surface area contributed by atoms with Crippen molar-refractivity contribution in [2.75, 3.05) is 19.6 Å². The molecule has 1 atom stereocenters. The molecule has 1 unspecified atom stereocenters. The van der Waals surface area contributed by atoms with Crippen LogP contribution in [0.25, 0.3) is 0 Å². The highest BCUT2D eigenvalue weighted by Crippen LogP contribution is 2.31. The van der Waals surface area contributed by atoms with Gasteiger partial charge in [-0.1, -0.05) is 6.92 Å². The first-order valence-corrected chi connectivity index (χ1v) is 10.5. The average Bonchev–Trinajstić information content (AvgIpc) is 2.92. The first-order valence-electron chi connectivity index (χ1n) is 7.44. The molecule has 21 heavy (non-hydrogen) atoms. The number of nitrogens with one attached hydrogen (secondary N) is 1. The summed E-state index contributed by atoms with van der Waals surface area (Å²) < 4.78 is 28.0. The van der Waals surface area contributed by atoms with Gasteiger partial charge in [0.15, 0.2) is 0 Å². The lowest BCUT2D eigenvalue weighted by atomic mass is 9.91. The lowest BCUT2D eigenvalue weighted by molar-refractivity contribution is 0.231. The zero-order valence-corrected chi connectivity index (χ0v) is 15.7. The number of hydrogen-bond donors (Lipinski definition) is 1. The van der Waals surface area contributed by atoms with Crippen molar-refractivity contribution >= 4 is 37.3 Å². The van der Waals surface area contributed by atoms with E-state index >= 15 is 0 Å². The van der Waals surface area contributed by atoms with Gasteiger partial charge in [0.25, 0.3) is 10.0 Å². The molecule has 4 nitrogen and oxygen atoms in total. The highest BCUT2D eigenvalue weighted by atomic mass is 79.9. The Morgan fingerprint density at radius 3 is 2.62 bits per heavy atom. The van der Waals surface area contributed by atoms with Gasteiger partial charge in [0.2, 0.25) is 0 Å². The molecule has 1 N–H and O–H groups in total. The van der Waals surface area contributed by atoms with E-state index in [2.05, 4.69) is 35.1 Å². The molecule has 1 aliphatic heterocycles. The van der Waals surface area contributed by atoms with Crippen LogP contribution in [-0.4, -0.2) is 38.4 Å². The molecule has 0 bridgehead atoms. The first kappa shape index (κ1) is 17.4. The van der Waals surface area contributed by atoms with Gasteiger partial charge in [-0.15, -0.1) is 11.3 Å². The van der Waals surface area contributed by atoms with Crippen molar-refractivity contribution in [1.29, 1.82) is 0 Å². The number of rotatable bonds is 6. The Labute approximate surface area is 140 Å². The minimum Gasteiger partial charge on any atom is -0.314 e. The summed E-state index contributed by atoms with van der Waals surface area (Å²) in [5.74, 6) is 0.568. The summed E-state index contributed by atoms with van der Waals surface area (Å²) in [4.78, 5) is 0. The van der Waals surface area contributed by atoms with Crippen molar-refractivity contribution in [3.63, 3.8) is 0 Å². The van der Waals surface area contributed by atoms with Gasteiger partial charge in [-0.2, -0.15) is 4.31 Å². The van der Waals surface area contributed by atoms with Crippen LogP contribution in [0.3, 0.4) is 0 Å². The third-order valence-corrected chi connectivity index (χ3v) is 8.05. The molecule has 1 aromatic heterocycles. The maximum Gasteiger partial charge on any atom is 0.252 e. The molecule has 2 heterocycles. The fourth-order valence-corrected chi connectivity index (χ4v) is 6.35. The Morgan fingerprint density at radius 1 is 1.43 bits per heavy atom. The fourth-order valence-electron chi connectivity index (χ4n) is 2.72. The number of hydrogen-bond acceptors (Lipinski definition) is 4. The van der Waals surface area contributed by atoms with Crippen molar-refractivity contribution in [3.8, 4) is 0 Å². The third-order valence-electron chi connectivity index (χ3n) is 4.06. The molecule has 0 aliphatic carbocycles. The largest absolute Gasteiger partial charge is 0.314 e. The molecule has 0 saturated carbocycles. The minimum absolute atomic E-state index is 0.435. The van der Waals surface area contributed by atoms with Crippen LogP contribution in [0.4, 0.5) is 0 Å². The third kappa shape index (κ3) is 4.28. The lowest BCUT2D eigenvalue weighted by Gasteiger charge is -2.34. The summed E-state index contributed by atoms with van der Waals surface area (Å²) in [7, 11) is -3.31. The standard InChI is InChI=1S/C14H23BrN2O2S2/c1-3-8-16-11(2)12-6-9-17(10-7-12)21(18,19)14-5-4-13(15)20-14/h4-5,11-12,16H,3,6-10H2,1-2H3. The maximum atomic E-state index is 12.5. The first-order chi connectivity index (χ1) is 9.95. The Morgan fingerprint density at radius 2 is 2.10 bits per heavy atom. The van der Waals surface area contributed by atoms with Crippen LogP contribution in [0.5, 0.6) is 0 Å².